The van der Waals surface area contributed by atoms with Crippen molar-refractivity contribution >= 4 is 34.5 Å². The number of rotatable bonds is 2. The van der Waals surface area contributed by atoms with Gasteiger partial charge in [-0.2, -0.15) is 4.98 Å². The Balaban J connectivity index is 1.94. The second kappa shape index (κ2) is 4.07. The van der Waals surface area contributed by atoms with Crippen molar-refractivity contribution in [3.05, 3.63) is 47.6 Å². The summed E-state index contributed by atoms with van der Waals surface area (Å²) in [7, 11) is 0. The summed E-state index contributed by atoms with van der Waals surface area (Å²) in [6.07, 6.45) is 1.62. The van der Waals surface area contributed by atoms with Crippen molar-refractivity contribution in [1.82, 2.24) is 9.97 Å². The molecule has 0 bridgehead atoms. The number of aromatic nitrogens is 2. The first kappa shape index (κ1) is 10.1. The summed E-state index contributed by atoms with van der Waals surface area (Å²) in [6.45, 7) is 0. The smallest absolute Gasteiger partial charge is 0.301 e. The highest BCUT2D eigenvalue weighted by atomic mass is 35.5. The van der Waals surface area contributed by atoms with Crippen molar-refractivity contribution < 1.29 is 4.42 Å². The van der Waals surface area contributed by atoms with Crippen LogP contribution in [0.15, 0.2) is 47.0 Å². The standard InChI is InChI=1S/C12H8ClN3O/c13-8-5-6-14-11(7-8)16-12-15-9-3-1-2-4-10(9)17-12/h1-7H,(H,14,15,16). The van der Waals surface area contributed by atoms with E-state index in [1.807, 2.05) is 24.3 Å². The minimum absolute atomic E-state index is 0.404. The van der Waals surface area contributed by atoms with Crippen LogP contribution in [0.5, 0.6) is 0 Å². The minimum atomic E-state index is 0.404. The number of oxazole rings is 1. The predicted molar refractivity (Wildman–Crippen MR) is 66.5 cm³/mol. The lowest BCUT2D eigenvalue weighted by Gasteiger charge is -1.99. The van der Waals surface area contributed by atoms with Crippen LogP contribution in [0, 0.1) is 0 Å². The van der Waals surface area contributed by atoms with Gasteiger partial charge in [0.15, 0.2) is 5.58 Å². The van der Waals surface area contributed by atoms with Crippen LogP contribution >= 0.6 is 11.6 Å². The number of hydrogen-bond acceptors (Lipinski definition) is 4. The number of nitrogens with one attached hydrogen (secondary N) is 1. The average molecular weight is 246 g/mol. The van der Waals surface area contributed by atoms with Gasteiger partial charge in [-0.05, 0) is 24.3 Å². The van der Waals surface area contributed by atoms with Crippen LogP contribution in [0.4, 0.5) is 11.8 Å². The van der Waals surface area contributed by atoms with Gasteiger partial charge in [0.05, 0.1) is 0 Å². The Labute approximate surface area is 102 Å². The zero-order valence-corrected chi connectivity index (χ0v) is 9.48. The van der Waals surface area contributed by atoms with E-state index < -0.39 is 0 Å². The lowest BCUT2D eigenvalue weighted by molar-refractivity contribution is 0.622. The van der Waals surface area contributed by atoms with Gasteiger partial charge in [-0.1, -0.05) is 23.7 Å². The number of para-hydroxylation sites is 2. The Morgan fingerprint density at radius 3 is 2.88 bits per heavy atom. The Morgan fingerprint density at radius 2 is 2.06 bits per heavy atom. The van der Waals surface area contributed by atoms with E-state index in [0.29, 0.717) is 16.9 Å². The molecule has 0 fully saturated rings. The molecule has 0 amide bonds. The van der Waals surface area contributed by atoms with E-state index in [2.05, 4.69) is 15.3 Å². The Morgan fingerprint density at radius 1 is 1.18 bits per heavy atom. The third-order valence-electron chi connectivity index (χ3n) is 2.25. The third kappa shape index (κ3) is 2.07. The predicted octanol–water partition coefficient (Wildman–Crippen LogP) is 3.62. The molecule has 0 aliphatic carbocycles. The molecular weight excluding hydrogens is 238 g/mol. The molecular formula is C12H8ClN3O. The summed E-state index contributed by atoms with van der Waals surface area (Å²) >= 11 is 5.86. The van der Waals surface area contributed by atoms with E-state index in [1.54, 1.807) is 18.3 Å². The maximum atomic E-state index is 5.86. The Bertz CT molecular complexity index is 632. The highest BCUT2D eigenvalue weighted by Gasteiger charge is 2.05. The Kier molecular flexibility index (Phi) is 2.42. The first-order valence-corrected chi connectivity index (χ1v) is 5.43. The molecule has 0 atom stereocenters. The Hall–Kier alpha value is -2.07. The lowest BCUT2D eigenvalue weighted by atomic mass is 10.3. The van der Waals surface area contributed by atoms with Gasteiger partial charge in [-0.25, -0.2) is 4.98 Å². The normalized spacial score (nSPS) is 10.6. The molecule has 3 rings (SSSR count). The van der Waals surface area contributed by atoms with Crippen LogP contribution in [-0.4, -0.2) is 9.97 Å². The largest absolute Gasteiger partial charge is 0.423 e. The lowest BCUT2D eigenvalue weighted by Crippen LogP contribution is -1.92. The number of benzene rings is 1. The second-order valence-electron chi connectivity index (χ2n) is 3.47. The fraction of sp³-hybridized carbons (Fsp3) is 0. The van der Waals surface area contributed by atoms with Gasteiger partial charge in [0.25, 0.3) is 0 Å². The van der Waals surface area contributed by atoms with Gasteiger partial charge in [-0.3, -0.25) is 5.32 Å². The molecule has 0 radical (unpaired) electrons. The highest BCUT2D eigenvalue weighted by Crippen LogP contribution is 2.21. The van der Waals surface area contributed by atoms with E-state index in [-0.39, 0.29) is 0 Å². The first-order chi connectivity index (χ1) is 8.31. The average Bonchev–Trinajstić information content (AvgIpc) is 2.71. The number of anilines is 2. The summed E-state index contributed by atoms with van der Waals surface area (Å²) in [6, 6.07) is 11.4. The molecule has 4 nitrogen and oxygen atoms in total. The number of fused-ring (bicyclic) bond motifs is 1. The molecule has 17 heavy (non-hydrogen) atoms. The molecule has 3 aromatic rings. The maximum Gasteiger partial charge on any atom is 0.301 e. The molecule has 0 saturated heterocycles. The zero-order valence-electron chi connectivity index (χ0n) is 8.72. The van der Waals surface area contributed by atoms with Crippen LogP contribution in [0.1, 0.15) is 0 Å². The second-order valence-corrected chi connectivity index (χ2v) is 3.91. The van der Waals surface area contributed by atoms with Crippen molar-refractivity contribution in [3.8, 4) is 0 Å². The van der Waals surface area contributed by atoms with E-state index >= 15 is 0 Å². The monoisotopic (exact) mass is 245 g/mol. The molecule has 2 heterocycles. The van der Waals surface area contributed by atoms with Gasteiger partial charge in [-0.15, -0.1) is 0 Å². The maximum absolute atomic E-state index is 5.86. The summed E-state index contributed by atoms with van der Waals surface area (Å²) in [4.78, 5) is 8.39. The van der Waals surface area contributed by atoms with Crippen LogP contribution in [0.2, 0.25) is 5.02 Å². The van der Waals surface area contributed by atoms with Crippen LogP contribution in [0.25, 0.3) is 11.1 Å². The van der Waals surface area contributed by atoms with Gasteiger partial charge in [0.1, 0.15) is 11.3 Å². The van der Waals surface area contributed by atoms with Crippen molar-refractivity contribution in [2.45, 2.75) is 0 Å². The van der Waals surface area contributed by atoms with Crippen molar-refractivity contribution in [2.24, 2.45) is 0 Å². The van der Waals surface area contributed by atoms with Crippen LogP contribution in [0.3, 0.4) is 0 Å². The molecule has 2 aromatic heterocycles. The molecule has 0 saturated carbocycles. The van der Waals surface area contributed by atoms with Gasteiger partial charge in [0.2, 0.25) is 0 Å². The quantitative estimate of drug-likeness (QED) is 0.749. The summed E-state index contributed by atoms with van der Waals surface area (Å²) in [5.41, 5.74) is 1.54. The minimum Gasteiger partial charge on any atom is -0.423 e. The van der Waals surface area contributed by atoms with Gasteiger partial charge >= 0.3 is 6.01 Å². The summed E-state index contributed by atoms with van der Waals surface area (Å²) in [5.74, 6) is 0.601. The van der Waals surface area contributed by atoms with Crippen molar-refractivity contribution in [1.29, 1.82) is 0 Å². The molecule has 1 N–H and O–H groups in total. The van der Waals surface area contributed by atoms with Crippen molar-refractivity contribution in [2.75, 3.05) is 5.32 Å². The molecule has 1 aromatic carbocycles. The number of pyridine rings is 1. The molecule has 84 valence electrons. The van der Waals surface area contributed by atoms with E-state index in [0.717, 1.165) is 11.1 Å². The van der Waals surface area contributed by atoms with Crippen LogP contribution in [-0.2, 0) is 0 Å². The molecule has 0 spiro atoms. The molecule has 5 heteroatoms. The van der Waals surface area contributed by atoms with Gasteiger partial charge < -0.3 is 4.42 Å². The van der Waals surface area contributed by atoms with E-state index in [1.165, 1.54) is 0 Å². The molecule has 0 aliphatic heterocycles. The van der Waals surface area contributed by atoms with E-state index in [9.17, 15) is 0 Å². The first-order valence-electron chi connectivity index (χ1n) is 5.05. The number of hydrogen-bond donors (Lipinski definition) is 1. The fourth-order valence-corrected chi connectivity index (χ4v) is 1.67. The third-order valence-corrected chi connectivity index (χ3v) is 2.49. The van der Waals surface area contributed by atoms with Crippen molar-refractivity contribution in [3.63, 3.8) is 0 Å². The highest BCUT2D eigenvalue weighted by molar-refractivity contribution is 6.30. The molecule has 0 unspecified atom stereocenters. The number of halogens is 1. The zero-order chi connectivity index (χ0) is 11.7. The van der Waals surface area contributed by atoms with E-state index in [4.69, 9.17) is 16.0 Å². The molecule has 0 aliphatic rings. The topological polar surface area (TPSA) is 51.0 Å². The number of nitrogens with zero attached hydrogens (tertiary/aromatic N) is 2. The SMILES string of the molecule is Clc1ccnc(Nc2nc3ccccc3o2)c1. The summed E-state index contributed by atoms with van der Waals surface area (Å²) in [5, 5.41) is 3.57. The fourth-order valence-electron chi connectivity index (χ4n) is 1.51. The summed E-state index contributed by atoms with van der Waals surface area (Å²) < 4.78 is 5.51. The van der Waals surface area contributed by atoms with Crippen LogP contribution < -0.4 is 5.32 Å². The van der Waals surface area contributed by atoms with Gasteiger partial charge in [0, 0.05) is 11.2 Å².